The van der Waals surface area contributed by atoms with Gasteiger partial charge in [0.25, 0.3) is 0 Å². The van der Waals surface area contributed by atoms with Crippen LogP contribution < -0.4 is 4.72 Å². The van der Waals surface area contributed by atoms with Gasteiger partial charge in [0.1, 0.15) is 0 Å². The molecule has 0 unspecified atom stereocenters. The second kappa shape index (κ2) is 7.35. The maximum Gasteiger partial charge on any atom is 0.240 e. The Morgan fingerprint density at radius 1 is 1.42 bits per heavy atom. The molecule has 0 bridgehead atoms. The second-order valence-corrected chi connectivity index (χ2v) is 6.69. The number of hydrogen-bond acceptors (Lipinski definition) is 4. The van der Waals surface area contributed by atoms with Gasteiger partial charge in [-0.25, -0.2) is 13.1 Å². The first-order valence-corrected chi connectivity index (χ1v) is 8.08. The van der Waals surface area contributed by atoms with Crippen LogP contribution in [0.4, 0.5) is 0 Å². The Morgan fingerprint density at radius 3 is 2.68 bits per heavy atom. The van der Waals surface area contributed by atoms with Crippen LogP contribution in [0.25, 0.3) is 0 Å². The van der Waals surface area contributed by atoms with Crippen molar-refractivity contribution in [1.29, 1.82) is 0 Å². The molecule has 0 atom stereocenters. The van der Waals surface area contributed by atoms with E-state index < -0.39 is 10.0 Å². The summed E-state index contributed by atoms with van der Waals surface area (Å²) in [6.45, 7) is 2.33. The van der Waals surface area contributed by atoms with Crippen LogP contribution in [0.3, 0.4) is 0 Å². The molecule has 1 aromatic rings. The summed E-state index contributed by atoms with van der Waals surface area (Å²) in [4.78, 5) is 0.184. The molecule has 1 aromatic carbocycles. The van der Waals surface area contributed by atoms with E-state index in [4.69, 9.17) is 9.84 Å². The van der Waals surface area contributed by atoms with Gasteiger partial charge in [0.05, 0.1) is 11.5 Å². The fraction of sp³-hybridized carbons (Fsp3) is 0.500. The molecule has 19 heavy (non-hydrogen) atoms. The third-order valence-electron chi connectivity index (χ3n) is 2.65. The molecule has 0 spiro atoms. The summed E-state index contributed by atoms with van der Waals surface area (Å²) in [6, 6.07) is 3.19. The summed E-state index contributed by atoms with van der Waals surface area (Å²) in [7, 11) is -2.00. The van der Waals surface area contributed by atoms with E-state index in [1.165, 1.54) is 6.07 Å². The lowest BCUT2D eigenvalue weighted by Crippen LogP contribution is -2.26. The van der Waals surface area contributed by atoms with Crippen molar-refractivity contribution in [3.05, 3.63) is 27.7 Å². The Balaban J connectivity index is 2.97. The van der Waals surface area contributed by atoms with E-state index in [0.29, 0.717) is 35.2 Å². The van der Waals surface area contributed by atoms with Crippen molar-refractivity contribution >= 4 is 26.0 Å². The van der Waals surface area contributed by atoms with Crippen molar-refractivity contribution in [2.75, 3.05) is 20.3 Å². The highest BCUT2D eigenvalue weighted by molar-refractivity contribution is 9.10. The second-order valence-electron chi connectivity index (χ2n) is 4.10. The number of hydrogen-bond donors (Lipinski definition) is 2. The monoisotopic (exact) mass is 351 g/mol. The van der Waals surface area contributed by atoms with Gasteiger partial charge >= 0.3 is 0 Å². The molecule has 0 aliphatic rings. The zero-order valence-corrected chi connectivity index (χ0v) is 13.3. The molecule has 0 saturated heterocycles. The van der Waals surface area contributed by atoms with E-state index in [0.717, 1.165) is 0 Å². The first-order valence-electron chi connectivity index (χ1n) is 5.81. The predicted molar refractivity (Wildman–Crippen MR) is 76.5 cm³/mol. The average Bonchev–Trinajstić information content (AvgIpc) is 2.37. The molecule has 0 aliphatic heterocycles. The number of rotatable bonds is 7. The first-order chi connectivity index (χ1) is 8.92. The van der Waals surface area contributed by atoms with Gasteiger partial charge in [-0.3, -0.25) is 0 Å². The van der Waals surface area contributed by atoms with Crippen LogP contribution in [-0.4, -0.2) is 33.8 Å². The maximum atomic E-state index is 12.2. The molecule has 0 heterocycles. The third-order valence-corrected chi connectivity index (χ3v) is 5.06. The summed E-state index contributed by atoms with van der Waals surface area (Å²) in [6.07, 6.45) is 0.607. The normalized spacial score (nSPS) is 11.8. The Hall–Kier alpha value is -0.470. The zero-order chi connectivity index (χ0) is 14.5. The van der Waals surface area contributed by atoms with Crippen LogP contribution in [0.2, 0.25) is 0 Å². The minimum absolute atomic E-state index is 0.184. The predicted octanol–water partition coefficient (Wildman–Crippen LogP) is 1.56. The molecule has 0 radical (unpaired) electrons. The quantitative estimate of drug-likeness (QED) is 0.731. The van der Waals surface area contributed by atoms with Crippen molar-refractivity contribution < 1.29 is 18.3 Å². The van der Waals surface area contributed by atoms with Crippen LogP contribution in [-0.2, 0) is 21.4 Å². The van der Waals surface area contributed by atoms with Gasteiger partial charge in [-0.1, -0.05) is 15.9 Å². The minimum atomic E-state index is -3.57. The first kappa shape index (κ1) is 16.6. The van der Waals surface area contributed by atoms with E-state index in [1.807, 2.05) is 0 Å². The Kier molecular flexibility index (Phi) is 6.41. The van der Waals surface area contributed by atoms with Crippen LogP contribution in [0, 0.1) is 6.92 Å². The van der Waals surface area contributed by atoms with Crippen LogP contribution in [0.5, 0.6) is 0 Å². The number of ether oxygens (including phenoxy) is 1. The number of aliphatic hydroxyl groups excluding tert-OH is 1. The van der Waals surface area contributed by atoms with Gasteiger partial charge in [-0.2, -0.15) is 0 Å². The van der Waals surface area contributed by atoms with Crippen LogP contribution in [0.15, 0.2) is 21.5 Å². The van der Waals surface area contributed by atoms with Gasteiger partial charge < -0.3 is 9.84 Å². The molecular weight excluding hydrogens is 334 g/mol. The van der Waals surface area contributed by atoms with E-state index in [2.05, 4.69) is 20.7 Å². The molecule has 5 nitrogen and oxygen atoms in total. The van der Waals surface area contributed by atoms with Gasteiger partial charge in [0.2, 0.25) is 10.0 Å². The molecule has 0 amide bonds. The van der Waals surface area contributed by atoms with Crippen molar-refractivity contribution in [3.63, 3.8) is 0 Å². The number of halogens is 1. The summed E-state index contributed by atoms with van der Waals surface area (Å²) in [5, 5.41) is 9.14. The van der Waals surface area contributed by atoms with Crippen LogP contribution in [0.1, 0.15) is 17.5 Å². The van der Waals surface area contributed by atoms with Crippen molar-refractivity contribution in [3.8, 4) is 0 Å². The van der Waals surface area contributed by atoms with Gasteiger partial charge in [-0.15, -0.1) is 0 Å². The number of sulfonamides is 1. The summed E-state index contributed by atoms with van der Waals surface area (Å²) in [5.74, 6) is 0. The Morgan fingerprint density at radius 2 is 2.11 bits per heavy atom. The Bertz CT molecular complexity index is 531. The van der Waals surface area contributed by atoms with Crippen molar-refractivity contribution in [1.82, 2.24) is 4.72 Å². The fourth-order valence-electron chi connectivity index (χ4n) is 1.58. The number of aliphatic hydroxyl groups is 1. The molecule has 0 fully saturated rings. The summed E-state index contributed by atoms with van der Waals surface area (Å²) < 4.78 is 32.4. The molecule has 108 valence electrons. The highest BCUT2D eigenvalue weighted by Crippen LogP contribution is 2.25. The number of benzene rings is 1. The lowest BCUT2D eigenvalue weighted by molar-refractivity contribution is 0.196. The lowest BCUT2D eigenvalue weighted by Gasteiger charge is -2.12. The zero-order valence-electron chi connectivity index (χ0n) is 10.9. The summed E-state index contributed by atoms with van der Waals surface area (Å²) >= 11 is 3.30. The molecule has 2 N–H and O–H groups in total. The topological polar surface area (TPSA) is 75.6 Å². The number of nitrogens with one attached hydrogen (secondary N) is 1. The van der Waals surface area contributed by atoms with E-state index in [1.54, 1.807) is 20.1 Å². The van der Waals surface area contributed by atoms with E-state index in [9.17, 15) is 8.42 Å². The SMILES string of the molecule is COCCCNS(=O)(=O)c1cc(CO)cc(Br)c1C. The van der Waals surface area contributed by atoms with E-state index in [-0.39, 0.29) is 11.5 Å². The smallest absolute Gasteiger partial charge is 0.240 e. The van der Waals surface area contributed by atoms with Gasteiger partial charge in [0, 0.05) is 24.7 Å². The Labute approximate surface area is 122 Å². The number of methoxy groups -OCH3 is 1. The fourth-order valence-corrected chi connectivity index (χ4v) is 3.61. The van der Waals surface area contributed by atoms with E-state index >= 15 is 0 Å². The molecule has 0 aliphatic carbocycles. The third kappa shape index (κ3) is 4.54. The van der Waals surface area contributed by atoms with Gasteiger partial charge in [-0.05, 0) is 36.6 Å². The lowest BCUT2D eigenvalue weighted by atomic mass is 10.2. The molecule has 7 heteroatoms. The maximum absolute atomic E-state index is 12.2. The molecule has 1 rings (SSSR count). The van der Waals surface area contributed by atoms with Crippen molar-refractivity contribution in [2.24, 2.45) is 0 Å². The van der Waals surface area contributed by atoms with Gasteiger partial charge in [0.15, 0.2) is 0 Å². The molecule has 0 saturated carbocycles. The highest BCUT2D eigenvalue weighted by atomic mass is 79.9. The molecular formula is C12H18BrNO4S. The standard InChI is InChI=1S/C12H18BrNO4S/c1-9-11(13)6-10(8-15)7-12(9)19(16,17)14-4-3-5-18-2/h6-7,14-15H,3-5,8H2,1-2H3. The van der Waals surface area contributed by atoms with Crippen LogP contribution >= 0.6 is 15.9 Å². The van der Waals surface area contributed by atoms with Crippen molar-refractivity contribution in [2.45, 2.75) is 24.8 Å². The minimum Gasteiger partial charge on any atom is -0.392 e. The molecule has 0 aromatic heterocycles. The summed E-state index contributed by atoms with van der Waals surface area (Å²) in [5.41, 5.74) is 1.17. The largest absolute Gasteiger partial charge is 0.392 e. The average molecular weight is 352 g/mol. The highest BCUT2D eigenvalue weighted by Gasteiger charge is 2.18.